The maximum atomic E-state index is 10.6. The van der Waals surface area contributed by atoms with Gasteiger partial charge in [0.2, 0.25) is 0 Å². The van der Waals surface area contributed by atoms with Gasteiger partial charge in [0, 0.05) is 17.5 Å². The summed E-state index contributed by atoms with van der Waals surface area (Å²) in [6.07, 6.45) is 1.54. The van der Waals surface area contributed by atoms with Gasteiger partial charge in [-0.3, -0.25) is 4.79 Å². The molecule has 0 saturated carbocycles. The Bertz CT molecular complexity index is 577. The van der Waals surface area contributed by atoms with E-state index in [0.29, 0.717) is 11.5 Å². The molecule has 2 N–H and O–H groups in total. The summed E-state index contributed by atoms with van der Waals surface area (Å²) in [6.45, 7) is 6.50. The standard InChI is InChI=1S/C15H18N2O2/c1-15(2,3)11-6-4-10(5-7-11)14-16-9-12(17-14)8-13(18)19/h4-7,9H,8H2,1-3H3,(H,16,17)(H,18,19). The molecule has 0 saturated heterocycles. The molecule has 1 aromatic carbocycles. The lowest BCUT2D eigenvalue weighted by Gasteiger charge is -2.18. The molecule has 4 heteroatoms. The van der Waals surface area contributed by atoms with E-state index in [2.05, 4.69) is 42.9 Å². The van der Waals surface area contributed by atoms with Gasteiger partial charge in [-0.25, -0.2) is 4.98 Å². The highest BCUT2D eigenvalue weighted by Gasteiger charge is 2.13. The molecule has 0 bridgehead atoms. The number of rotatable bonds is 3. The van der Waals surface area contributed by atoms with E-state index in [1.807, 2.05) is 12.1 Å². The molecule has 0 aliphatic carbocycles. The van der Waals surface area contributed by atoms with Crippen molar-refractivity contribution in [1.29, 1.82) is 0 Å². The maximum Gasteiger partial charge on any atom is 0.309 e. The summed E-state index contributed by atoms with van der Waals surface area (Å²) in [5.74, 6) is -0.157. The van der Waals surface area contributed by atoms with Gasteiger partial charge in [0.1, 0.15) is 5.82 Å². The van der Waals surface area contributed by atoms with E-state index in [-0.39, 0.29) is 11.8 Å². The van der Waals surface area contributed by atoms with E-state index in [1.165, 1.54) is 5.56 Å². The van der Waals surface area contributed by atoms with Crippen molar-refractivity contribution in [3.05, 3.63) is 41.7 Å². The molecular formula is C15H18N2O2. The molecule has 0 fully saturated rings. The zero-order valence-electron chi connectivity index (χ0n) is 11.4. The lowest BCUT2D eigenvalue weighted by Crippen LogP contribution is -2.10. The minimum atomic E-state index is -0.863. The van der Waals surface area contributed by atoms with E-state index in [1.54, 1.807) is 6.20 Å². The molecule has 0 spiro atoms. The number of aromatic amines is 1. The van der Waals surface area contributed by atoms with E-state index in [9.17, 15) is 4.79 Å². The molecule has 19 heavy (non-hydrogen) atoms. The van der Waals surface area contributed by atoms with Crippen molar-refractivity contribution in [2.45, 2.75) is 32.6 Å². The zero-order valence-corrected chi connectivity index (χ0v) is 11.4. The molecule has 0 radical (unpaired) electrons. The quantitative estimate of drug-likeness (QED) is 0.889. The van der Waals surface area contributed by atoms with E-state index in [4.69, 9.17) is 5.11 Å². The summed E-state index contributed by atoms with van der Waals surface area (Å²) in [5.41, 5.74) is 2.96. The second kappa shape index (κ2) is 4.88. The number of H-pyrrole nitrogens is 1. The first-order valence-corrected chi connectivity index (χ1v) is 6.23. The van der Waals surface area contributed by atoms with E-state index in [0.717, 1.165) is 5.56 Å². The van der Waals surface area contributed by atoms with Gasteiger partial charge < -0.3 is 10.1 Å². The number of aromatic nitrogens is 2. The molecular weight excluding hydrogens is 240 g/mol. The zero-order chi connectivity index (χ0) is 14.0. The van der Waals surface area contributed by atoms with Gasteiger partial charge in [-0.05, 0) is 11.0 Å². The number of imidazole rings is 1. The van der Waals surface area contributed by atoms with Gasteiger partial charge in [0.05, 0.1) is 6.42 Å². The van der Waals surface area contributed by atoms with Crippen molar-refractivity contribution in [1.82, 2.24) is 9.97 Å². The number of carboxylic acids is 1. The number of benzene rings is 1. The summed E-state index contributed by atoms with van der Waals surface area (Å²) < 4.78 is 0. The first kappa shape index (κ1) is 13.3. The van der Waals surface area contributed by atoms with Crippen LogP contribution in [0.15, 0.2) is 30.5 Å². The third-order valence-electron chi connectivity index (χ3n) is 2.99. The number of carboxylic acid groups (broad SMARTS) is 1. The average Bonchev–Trinajstić information content (AvgIpc) is 2.75. The Balaban J connectivity index is 2.23. The number of hydrogen-bond acceptors (Lipinski definition) is 2. The molecule has 1 heterocycles. The summed E-state index contributed by atoms with van der Waals surface area (Å²) >= 11 is 0. The maximum absolute atomic E-state index is 10.6. The minimum Gasteiger partial charge on any atom is -0.481 e. The molecule has 0 aliphatic rings. The van der Waals surface area contributed by atoms with Crippen molar-refractivity contribution >= 4 is 5.97 Å². The molecule has 1 aromatic heterocycles. The Morgan fingerprint density at radius 2 is 1.89 bits per heavy atom. The number of nitrogens with zero attached hydrogens (tertiary/aromatic N) is 1. The minimum absolute atomic E-state index is 0.0346. The van der Waals surface area contributed by atoms with Crippen molar-refractivity contribution in [2.75, 3.05) is 0 Å². The van der Waals surface area contributed by atoms with Crippen LogP contribution in [0.2, 0.25) is 0 Å². The monoisotopic (exact) mass is 258 g/mol. The van der Waals surface area contributed by atoms with Crippen LogP contribution in [0.25, 0.3) is 11.4 Å². The van der Waals surface area contributed by atoms with Crippen LogP contribution in [0.3, 0.4) is 0 Å². The van der Waals surface area contributed by atoms with Crippen LogP contribution in [0, 0.1) is 0 Å². The van der Waals surface area contributed by atoms with Crippen LogP contribution in [-0.2, 0) is 16.6 Å². The van der Waals surface area contributed by atoms with Crippen LogP contribution >= 0.6 is 0 Å². The normalized spacial score (nSPS) is 11.5. The van der Waals surface area contributed by atoms with Crippen molar-refractivity contribution in [3.63, 3.8) is 0 Å². The number of carbonyl (C=O) groups is 1. The fraction of sp³-hybridized carbons (Fsp3) is 0.333. The molecule has 0 aliphatic heterocycles. The number of hydrogen-bond donors (Lipinski definition) is 2. The summed E-state index contributed by atoms with van der Waals surface area (Å²) in [5, 5.41) is 8.72. The molecule has 0 unspecified atom stereocenters. The Morgan fingerprint density at radius 1 is 1.26 bits per heavy atom. The predicted molar refractivity (Wildman–Crippen MR) is 74.1 cm³/mol. The predicted octanol–water partition coefficient (Wildman–Crippen LogP) is 3.00. The Hall–Kier alpha value is -2.10. The average molecular weight is 258 g/mol. The first-order chi connectivity index (χ1) is 8.86. The van der Waals surface area contributed by atoms with Gasteiger partial charge >= 0.3 is 5.97 Å². The van der Waals surface area contributed by atoms with Gasteiger partial charge in [-0.1, -0.05) is 45.0 Å². The molecule has 2 rings (SSSR count). The van der Waals surface area contributed by atoms with Crippen LogP contribution in [-0.4, -0.2) is 21.0 Å². The fourth-order valence-corrected chi connectivity index (χ4v) is 1.89. The first-order valence-electron chi connectivity index (χ1n) is 6.23. The number of nitrogens with one attached hydrogen (secondary N) is 1. The number of aliphatic carboxylic acids is 1. The Kier molecular flexibility index (Phi) is 3.42. The highest BCUT2D eigenvalue weighted by Crippen LogP contribution is 2.24. The third kappa shape index (κ3) is 3.22. The highest BCUT2D eigenvalue weighted by molar-refractivity contribution is 5.70. The summed E-state index contributed by atoms with van der Waals surface area (Å²) in [4.78, 5) is 17.9. The van der Waals surface area contributed by atoms with Crippen LogP contribution < -0.4 is 0 Å². The highest BCUT2D eigenvalue weighted by atomic mass is 16.4. The smallest absolute Gasteiger partial charge is 0.309 e. The van der Waals surface area contributed by atoms with Crippen molar-refractivity contribution in [3.8, 4) is 11.4 Å². The van der Waals surface area contributed by atoms with Gasteiger partial charge in [0.15, 0.2) is 0 Å². The lowest BCUT2D eigenvalue weighted by molar-refractivity contribution is -0.136. The SMILES string of the molecule is CC(C)(C)c1ccc(-c2ncc(CC(=O)O)[nH]2)cc1. The van der Waals surface area contributed by atoms with Crippen LogP contribution in [0.4, 0.5) is 0 Å². The Morgan fingerprint density at radius 3 is 2.42 bits per heavy atom. The molecule has 4 nitrogen and oxygen atoms in total. The third-order valence-corrected chi connectivity index (χ3v) is 2.99. The van der Waals surface area contributed by atoms with Crippen LogP contribution in [0.1, 0.15) is 32.0 Å². The second-order valence-electron chi connectivity index (χ2n) is 5.65. The van der Waals surface area contributed by atoms with Crippen LogP contribution in [0.5, 0.6) is 0 Å². The lowest BCUT2D eigenvalue weighted by atomic mass is 9.87. The second-order valence-corrected chi connectivity index (χ2v) is 5.65. The van der Waals surface area contributed by atoms with Gasteiger partial charge in [-0.15, -0.1) is 0 Å². The van der Waals surface area contributed by atoms with Gasteiger partial charge in [-0.2, -0.15) is 0 Å². The van der Waals surface area contributed by atoms with Crippen molar-refractivity contribution in [2.24, 2.45) is 0 Å². The van der Waals surface area contributed by atoms with Crippen molar-refractivity contribution < 1.29 is 9.90 Å². The van der Waals surface area contributed by atoms with E-state index >= 15 is 0 Å². The summed E-state index contributed by atoms with van der Waals surface area (Å²) in [7, 11) is 0. The molecule has 0 atom stereocenters. The molecule has 2 aromatic rings. The largest absolute Gasteiger partial charge is 0.481 e. The topological polar surface area (TPSA) is 66.0 Å². The summed E-state index contributed by atoms with van der Waals surface area (Å²) in [6, 6.07) is 8.16. The molecule has 100 valence electrons. The van der Waals surface area contributed by atoms with Gasteiger partial charge in [0.25, 0.3) is 0 Å². The Labute approximate surface area is 112 Å². The molecule has 0 amide bonds. The fourth-order valence-electron chi connectivity index (χ4n) is 1.89. The van der Waals surface area contributed by atoms with E-state index < -0.39 is 5.97 Å².